The van der Waals surface area contributed by atoms with Crippen LogP contribution in [0.2, 0.25) is 4.34 Å². The number of aromatic hydroxyl groups is 1. The molecular formula is C11H10ClNO5S3. The number of halogens is 1. The highest BCUT2D eigenvalue weighted by Crippen LogP contribution is 2.31. The van der Waals surface area contributed by atoms with Crippen LogP contribution in [-0.4, -0.2) is 28.2 Å². The molecule has 114 valence electrons. The lowest BCUT2D eigenvalue weighted by Gasteiger charge is -2.09. The van der Waals surface area contributed by atoms with Crippen LogP contribution in [0.25, 0.3) is 0 Å². The molecule has 1 aromatic heterocycles. The molecule has 0 saturated carbocycles. The molecule has 0 spiro atoms. The second-order valence-corrected chi connectivity index (χ2v) is 9.76. The average molecular weight is 368 g/mol. The third kappa shape index (κ3) is 3.67. The van der Waals surface area contributed by atoms with E-state index in [2.05, 4.69) is 4.72 Å². The molecule has 0 unspecified atom stereocenters. The Hall–Kier alpha value is -1.29. The summed E-state index contributed by atoms with van der Waals surface area (Å²) < 4.78 is 49.5. The molecular weight excluding hydrogens is 358 g/mol. The molecule has 0 aliphatic carbocycles. The van der Waals surface area contributed by atoms with Gasteiger partial charge in [-0.1, -0.05) is 11.6 Å². The predicted molar refractivity (Wildman–Crippen MR) is 81.4 cm³/mol. The molecule has 2 N–H and O–H groups in total. The fraction of sp³-hybridized carbons (Fsp3) is 0.0909. The van der Waals surface area contributed by atoms with Gasteiger partial charge in [0, 0.05) is 6.26 Å². The van der Waals surface area contributed by atoms with Gasteiger partial charge in [0.2, 0.25) is 0 Å². The van der Waals surface area contributed by atoms with Crippen molar-refractivity contribution in [1.82, 2.24) is 0 Å². The number of sulfone groups is 1. The summed E-state index contributed by atoms with van der Waals surface area (Å²) in [6.07, 6.45) is 0.983. The van der Waals surface area contributed by atoms with Crippen LogP contribution < -0.4 is 4.72 Å². The molecule has 1 heterocycles. The van der Waals surface area contributed by atoms with Crippen molar-refractivity contribution in [3.05, 3.63) is 34.7 Å². The maximum absolute atomic E-state index is 12.1. The van der Waals surface area contributed by atoms with Crippen LogP contribution in [-0.2, 0) is 19.9 Å². The summed E-state index contributed by atoms with van der Waals surface area (Å²) in [6.45, 7) is 0. The van der Waals surface area contributed by atoms with Gasteiger partial charge in [-0.3, -0.25) is 4.72 Å². The van der Waals surface area contributed by atoms with E-state index in [1.54, 1.807) is 0 Å². The molecule has 0 aliphatic rings. The Morgan fingerprint density at radius 3 is 2.33 bits per heavy atom. The minimum Gasteiger partial charge on any atom is -0.506 e. The van der Waals surface area contributed by atoms with Crippen molar-refractivity contribution in [2.45, 2.75) is 9.10 Å². The summed E-state index contributed by atoms with van der Waals surface area (Å²) >= 11 is 6.53. The average Bonchev–Trinajstić information content (AvgIpc) is 2.78. The van der Waals surface area contributed by atoms with E-state index in [1.165, 1.54) is 18.2 Å². The quantitative estimate of drug-likeness (QED) is 0.807. The van der Waals surface area contributed by atoms with Crippen LogP contribution in [0.3, 0.4) is 0 Å². The Bertz CT molecular complexity index is 886. The zero-order chi connectivity index (χ0) is 15.8. The maximum atomic E-state index is 12.1. The number of hydrogen-bond donors (Lipinski definition) is 2. The number of nitrogens with one attached hydrogen (secondary N) is 1. The van der Waals surface area contributed by atoms with E-state index >= 15 is 0 Å². The fourth-order valence-electron chi connectivity index (χ4n) is 1.46. The molecule has 0 fully saturated rings. The molecule has 10 heteroatoms. The Balaban J connectivity index is 2.44. The molecule has 2 aromatic rings. The Morgan fingerprint density at radius 2 is 1.81 bits per heavy atom. The first-order valence-electron chi connectivity index (χ1n) is 5.41. The molecule has 1 aromatic carbocycles. The van der Waals surface area contributed by atoms with Crippen LogP contribution in [0.15, 0.2) is 39.4 Å². The molecule has 0 bridgehead atoms. The van der Waals surface area contributed by atoms with E-state index in [9.17, 15) is 21.9 Å². The summed E-state index contributed by atoms with van der Waals surface area (Å²) in [5, 5.41) is 9.67. The van der Waals surface area contributed by atoms with E-state index < -0.39 is 19.9 Å². The Kier molecular flexibility index (Phi) is 4.20. The minimum absolute atomic E-state index is 0.0448. The van der Waals surface area contributed by atoms with E-state index in [4.69, 9.17) is 11.6 Å². The lowest BCUT2D eigenvalue weighted by atomic mass is 10.3. The van der Waals surface area contributed by atoms with Crippen LogP contribution in [0.1, 0.15) is 0 Å². The second kappa shape index (κ2) is 5.48. The van der Waals surface area contributed by atoms with Gasteiger partial charge in [0.25, 0.3) is 10.0 Å². The molecule has 6 nitrogen and oxygen atoms in total. The predicted octanol–water partition coefficient (Wildman–Crippen LogP) is 2.31. The van der Waals surface area contributed by atoms with E-state index in [1.807, 2.05) is 0 Å². The highest BCUT2D eigenvalue weighted by molar-refractivity contribution is 7.94. The molecule has 0 saturated heterocycles. The topological polar surface area (TPSA) is 101 Å². The van der Waals surface area contributed by atoms with E-state index in [0.717, 1.165) is 29.7 Å². The molecule has 0 aliphatic heterocycles. The van der Waals surface area contributed by atoms with Gasteiger partial charge in [-0.05, 0) is 30.3 Å². The molecule has 0 amide bonds. The SMILES string of the molecule is CS(=O)(=O)c1ccc(O)c(NS(=O)(=O)c2ccc(Cl)s2)c1. The number of sulfonamides is 1. The van der Waals surface area contributed by atoms with Gasteiger partial charge < -0.3 is 5.11 Å². The molecule has 0 atom stereocenters. The lowest BCUT2D eigenvalue weighted by molar-refractivity contribution is 0.477. The van der Waals surface area contributed by atoms with E-state index in [-0.39, 0.29) is 20.5 Å². The van der Waals surface area contributed by atoms with Gasteiger partial charge in [-0.2, -0.15) is 0 Å². The van der Waals surface area contributed by atoms with Crippen LogP contribution >= 0.6 is 22.9 Å². The van der Waals surface area contributed by atoms with Gasteiger partial charge in [-0.25, -0.2) is 16.8 Å². The first-order valence-corrected chi connectivity index (χ1v) is 9.98. The zero-order valence-electron chi connectivity index (χ0n) is 10.6. The van der Waals surface area contributed by atoms with Gasteiger partial charge in [-0.15, -0.1) is 11.3 Å². The third-order valence-corrected chi connectivity index (χ3v) is 6.65. The largest absolute Gasteiger partial charge is 0.506 e. The smallest absolute Gasteiger partial charge is 0.271 e. The summed E-state index contributed by atoms with van der Waals surface area (Å²) in [5.41, 5.74) is -0.220. The highest BCUT2D eigenvalue weighted by Gasteiger charge is 2.19. The summed E-state index contributed by atoms with van der Waals surface area (Å²) in [4.78, 5) is -0.109. The summed E-state index contributed by atoms with van der Waals surface area (Å²) in [7, 11) is -7.47. The van der Waals surface area contributed by atoms with Crippen molar-refractivity contribution >= 4 is 48.5 Å². The first kappa shape index (κ1) is 16.1. The number of thiophene rings is 1. The summed E-state index contributed by atoms with van der Waals surface area (Å²) in [6, 6.07) is 6.08. The molecule has 2 rings (SSSR count). The minimum atomic E-state index is -3.95. The number of anilines is 1. The van der Waals surface area contributed by atoms with E-state index in [0.29, 0.717) is 4.34 Å². The monoisotopic (exact) mass is 367 g/mol. The van der Waals surface area contributed by atoms with Crippen molar-refractivity contribution in [3.63, 3.8) is 0 Å². The normalized spacial score (nSPS) is 12.3. The first-order chi connectivity index (χ1) is 9.59. The number of hydrogen-bond acceptors (Lipinski definition) is 6. The lowest BCUT2D eigenvalue weighted by Crippen LogP contribution is -2.12. The number of phenols is 1. The van der Waals surface area contributed by atoms with Crippen molar-refractivity contribution < 1.29 is 21.9 Å². The van der Waals surface area contributed by atoms with Crippen LogP contribution in [0.4, 0.5) is 5.69 Å². The van der Waals surface area contributed by atoms with Gasteiger partial charge in [0.1, 0.15) is 9.96 Å². The zero-order valence-corrected chi connectivity index (χ0v) is 13.8. The highest BCUT2D eigenvalue weighted by atomic mass is 35.5. The third-order valence-electron chi connectivity index (χ3n) is 2.45. The number of phenolic OH excluding ortho intramolecular Hbond substituents is 1. The van der Waals surface area contributed by atoms with Gasteiger partial charge >= 0.3 is 0 Å². The van der Waals surface area contributed by atoms with Crippen LogP contribution in [0, 0.1) is 0 Å². The standard InChI is InChI=1S/C11H10ClNO5S3/c1-20(15,16)7-2-3-9(14)8(6-7)13-21(17,18)11-5-4-10(12)19-11/h2-6,13-14H,1H3. The molecule has 21 heavy (non-hydrogen) atoms. The number of benzene rings is 1. The van der Waals surface area contributed by atoms with Crippen LogP contribution in [0.5, 0.6) is 5.75 Å². The van der Waals surface area contributed by atoms with Crippen molar-refractivity contribution in [3.8, 4) is 5.75 Å². The van der Waals surface area contributed by atoms with Crippen molar-refractivity contribution in [2.75, 3.05) is 11.0 Å². The van der Waals surface area contributed by atoms with Gasteiger partial charge in [0.05, 0.1) is 14.9 Å². The fourth-order valence-corrected chi connectivity index (χ4v) is 4.66. The molecule has 0 radical (unpaired) electrons. The van der Waals surface area contributed by atoms with Crippen molar-refractivity contribution in [1.29, 1.82) is 0 Å². The maximum Gasteiger partial charge on any atom is 0.271 e. The van der Waals surface area contributed by atoms with Gasteiger partial charge in [0.15, 0.2) is 9.84 Å². The second-order valence-electron chi connectivity index (χ2n) is 4.12. The summed E-state index contributed by atoms with van der Waals surface area (Å²) in [5.74, 6) is -0.381. The van der Waals surface area contributed by atoms with Crippen molar-refractivity contribution in [2.24, 2.45) is 0 Å². The Labute approximate surface area is 131 Å². The Morgan fingerprint density at radius 1 is 1.14 bits per heavy atom. The number of rotatable bonds is 4.